The van der Waals surface area contributed by atoms with E-state index in [1.807, 2.05) is 51.1 Å². The summed E-state index contributed by atoms with van der Waals surface area (Å²) >= 11 is 0. The summed E-state index contributed by atoms with van der Waals surface area (Å²) in [7, 11) is 1.38. The quantitative estimate of drug-likeness (QED) is 0.801. The maximum absolute atomic E-state index is 12.7. The highest BCUT2D eigenvalue weighted by atomic mass is 16.5. The first kappa shape index (κ1) is 15.5. The molecule has 0 spiro atoms. The van der Waals surface area contributed by atoms with Crippen LogP contribution in [0.5, 0.6) is 0 Å². The Kier molecular flexibility index (Phi) is 4.35. The van der Waals surface area contributed by atoms with Gasteiger partial charge in [0.05, 0.1) is 24.5 Å². The largest absolute Gasteiger partial charge is 0.469 e. The van der Waals surface area contributed by atoms with E-state index < -0.39 is 5.41 Å². The molecule has 1 heterocycles. The maximum Gasteiger partial charge on any atom is 0.314 e. The molecule has 3 atom stereocenters. The summed E-state index contributed by atoms with van der Waals surface area (Å²) < 4.78 is 4.93. The third-order valence-corrected chi connectivity index (χ3v) is 4.66. The summed E-state index contributed by atoms with van der Waals surface area (Å²) in [4.78, 5) is 26.7. The monoisotopic (exact) mass is 289 g/mol. The fraction of sp³-hybridized carbons (Fsp3) is 0.529. The lowest BCUT2D eigenvalue weighted by Gasteiger charge is -2.27. The van der Waals surface area contributed by atoms with E-state index in [1.54, 1.807) is 4.90 Å². The van der Waals surface area contributed by atoms with Gasteiger partial charge in [-0.15, -0.1) is 0 Å². The topological polar surface area (TPSA) is 46.6 Å². The molecule has 1 fully saturated rings. The van der Waals surface area contributed by atoms with E-state index in [9.17, 15) is 9.59 Å². The van der Waals surface area contributed by atoms with Gasteiger partial charge in [0.25, 0.3) is 0 Å². The number of methoxy groups -OCH3 is 1. The Hall–Kier alpha value is -1.84. The second-order valence-corrected chi connectivity index (χ2v) is 5.92. The van der Waals surface area contributed by atoms with Gasteiger partial charge >= 0.3 is 5.97 Å². The summed E-state index contributed by atoms with van der Waals surface area (Å²) in [5.74, 6) is -0.566. The Balaban J connectivity index is 2.31. The zero-order chi connectivity index (χ0) is 15.6. The van der Waals surface area contributed by atoms with Gasteiger partial charge in [0, 0.05) is 6.54 Å². The first-order chi connectivity index (χ1) is 9.95. The number of hydrogen-bond acceptors (Lipinski definition) is 3. The van der Waals surface area contributed by atoms with Gasteiger partial charge in [0.15, 0.2) is 0 Å². The highest BCUT2D eigenvalue weighted by molar-refractivity contribution is 5.91. The molecule has 1 aliphatic rings. The van der Waals surface area contributed by atoms with Gasteiger partial charge in [0.1, 0.15) is 0 Å². The summed E-state index contributed by atoms with van der Waals surface area (Å²) in [5.41, 5.74) is 0.318. The van der Waals surface area contributed by atoms with Crippen molar-refractivity contribution in [1.29, 1.82) is 0 Å². The Bertz CT molecular complexity index is 528. The molecule has 1 aliphatic heterocycles. The van der Waals surface area contributed by atoms with Crippen LogP contribution in [0.1, 0.15) is 38.8 Å². The molecule has 21 heavy (non-hydrogen) atoms. The van der Waals surface area contributed by atoms with Crippen LogP contribution in [-0.2, 0) is 14.3 Å². The number of nitrogens with zero attached hydrogens (tertiary/aromatic N) is 1. The number of amides is 1. The van der Waals surface area contributed by atoms with Crippen molar-refractivity contribution < 1.29 is 14.3 Å². The first-order valence-corrected chi connectivity index (χ1v) is 7.39. The van der Waals surface area contributed by atoms with Crippen LogP contribution < -0.4 is 0 Å². The molecule has 1 aromatic rings. The molecule has 2 rings (SSSR count). The fourth-order valence-corrected chi connectivity index (χ4v) is 3.32. The van der Waals surface area contributed by atoms with Crippen molar-refractivity contribution in [2.45, 2.75) is 33.2 Å². The minimum absolute atomic E-state index is 0.0424. The van der Waals surface area contributed by atoms with Crippen molar-refractivity contribution in [2.24, 2.45) is 11.3 Å². The van der Waals surface area contributed by atoms with Crippen molar-refractivity contribution in [1.82, 2.24) is 4.90 Å². The molecule has 0 bridgehead atoms. The van der Waals surface area contributed by atoms with Crippen molar-refractivity contribution in [3.05, 3.63) is 35.9 Å². The van der Waals surface area contributed by atoms with Crippen LogP contribution >= 0.6 is 0 Å². The SMILES string of the molecule is CCC1C(=O)N([C@H](C)c2ccccc2)CC1(C)C(=O)OC. The van der Waals surface area contributed by atoms with E-state index in [-0.39, 0.29) is 23.8 Å². The van der Waals surface area contributed by atoms with Gasteiger partial charge < -0.3 is 9.64 Å². The predicted molar refractivity (Wildman–Crippen MR) is 80.5 cm³/mol. The third kappa shape index (κ3) is 2.55. The minimum atomic E-state index is -0.760. The van der Waals surface area contributed by atoms with Gasteiger partial charge in [-0.05, 0) is 25.8 Å². The second-order valence-electron chi connectivity index (χ2n) is 5.92. The lowest BCUT2D eigenvalue weighted by atomic mass is 9.78. The molecule has 4 heteroatoms. The number of benzene rings is 1. The molecule has 0 aromatic heterocycles. The van der Waals surface area contributed by atoms with Gasteiger partial charge in [-0.25, -0.2) is 0 Å². The Labute approximate surface area is 126 Å². The molecular weight excluding hydrogens is 266 g/mol. The summed E-state index contributed by atoms with van der Waals surface area (Å²) in [5, 5.41) is 0. The average molecular weight is 289 g/mol. The third-order valence-electron chi connectivity index (χ3n) is 4.66. The highest BCUT2D eigenvalue weighted by Crippen LogP contribution is 2.43. The van der Waals surface area contributed by atoms with E-state index in [1.165, 1.54) is 7.11 Å². The zero-order valence-electron chi connectivity index (χ0n) is 13.1. The highest BCUT2D eigenvalue weighted by Gasteiger charge is 2.54. The standard InChI is InChI=1S/C17H23NO3/c1-5-14-15(19)18(11-17(14,3)16(20)21-4)12(2)13-9-7-6-8-10-13/h6-10,12,14H,5,11H2,1-4H3/t12-,14?,17?/m1/s1. The number of carbonyl (C=O) groups is 2. The molecule has 1 amide bonds. The van der Waals surface area contributed by atoms with Gasteiger partial charge in [-0.1, -0.05) is 37.3 Å². The lowest BCUT2D eigenvalue weighted by Crippen LogP contribution is -2.37. The van der Waals surface area contributed by atoms with Crippen molar-refractivity contribution in [2.75, 3.05) is 13.7 Å². The van der Waals surface area contributed by atoms with Crippen molar-refractivity contribution in [3.63, 3.8) is 0 Å². The minimum Gasteiger partial charge on any atom is -0.469 e. The maximum atomic E-state index is 12.7. The molecular formula is C17H23NO3. The van der Waals surface area contributed by atoms with Crippen LogP contribution in [0.25, 0.3) is 0 Å². The second kappa shape index (κ2) is 5.88. The molecule has 114 valence electrons. The van der Waals surface area contributed by atoms with E-state index in [0.29, 0.717) is 13.0 Å². The fourth-order valence-electron chi connectivity index (χ4n) is 3.32. The summed E-state index contributed by atoms with van der Waals surface area (Å²) in [6.45, 7) is 6.19. The Morgan fingerprint density at radius 1 is 1.43 bits per heavy atom. The molecule has 0 aliphatic carbocycles. The number of ether oxygens (including phenoxy) is 1. The number of carbonyl (C=O) groups excluding carboxylic acids is 2. The molecule has 4 nitrogen and oxygen atoms in total. The summed E-state index contributed by atoms with van der Waals surface area (Å²) in [6, 6.07) is 9.85. The first-order valence-electron chi connectivity index (χ1n) is 7.39. The molecule has 1 saturated heterocycles. The van der Waals surface area contributed by atoms with Crippen molar-refractivity contribution >= 4 is 11.9 Å². The molecule has 0 saturated carbocycles. The van der Waals surface area contributed by atoms with Gasteiger partial charge in [-0.3, -0.25) is 9.59 Å². The van der Waals surface area contributed by atoms with Crippen molar-refractivity contribution in [3.8, 4) is 0 Å². The Morgan fingerprint density at radius 2 is 2.05 bits per heavy atom. The molecule has 0 radical (unpaired) electrons. The lowest BCUT2D eigenvalue weighted by molar-refractivity contribution is -0.154. The average Bonchev–Trinajstić information content (AvgIpc) is 2.78. The molecule has 2 unspecified atom stereocenters. The van der Waals surface area contributed by atoms with Gasteiger partial charge in [-0.2, -0.15) is 0 Å². The number of likely N-dealkylation sites (tertiary alicyclic amines) is 1. The number of esters is 1. The Morgan fingerprint density at radius 3 is 2.57 bits per heavy atom. The van der Waals surface area contributed by atoms with Crippen LogP contribution in [-0.4, -0.2) is 30.4 Å². The molecule has 0 N–H and O–H groups in total. The van der Waals surface area contributed by atoms with Crippen LogP contribution in [0.2, 0.25) is 0 Å². The predicted octanol–water partition coefficient (Wildman–Crippen LogP) is 2.80. The van der Waals surface area contributed by atoms with Crippen LogP contribution in [0.15, 0.2) is 30.3 Å². The molecule has 1 aromatic carbocycles. The normalized spacial score (nSPS) is 26.8. The van der Waals surface area contributed by atoms with E-state index in [4.69, 9.17) is 4.74 Å². The van der Waals surface area contributed by atoms with E-state index >= 15 is 0 Å². The van der Waals surface area contributed by atoms with Crippen LogP contribution in [0.3, 0.4) is 0 Å². The number of rotatable bonds is 4. The van der Waals surface area contributed by atoms with Gasteiger partial charge in [0.2, 0.25) is 5.91 Å². The zero-order valence-corrected chi connectivity index (χ0v) is 13.1. The van der Waals surface area contributed by atoms with E-state index in [0.717, 1.165) is 5.56 Å². The number of hydrogen-bond donors (Lipinski definition) is 0. The van der Waals surface area contributed by atoms with Crippen LogP contribution in [0.4, 0.5) is 0 Å². The van der Waals surface area contributed by atoms with Crippen LogP contribution in [0, 0.1) is 11.3 Å². The van der Waals surface area contributed by atoms with E-state index in [2.05, 4.69) is 0 Å². The smallest absolute Gasteiger partial charge is 0.314 e. The summed E-state index contributed by atoms with van der Waals surface area (Å²) in [6.07, 6.45) is 0.641.